The van der Waals surface area contributed by atoms with Gasteiger partial charge in [0.1, 0.15) is 5.69 Å². The summed E-state index contributed by atoms with van der Waals surface area (Å²) < 4.78 is 51.0. The number of methoxy groups -OCH3 is 1. The molecule has 3 heterocycles. The second kappa shape index (κ2) is 10.3. The summed E-state index contributed by atoms with van der Waals surface area (Å²) in [7, 11) is 1.46. The van der Waals surface area contributed by atoms with Gasteiger partial charge in [0, 0.05) is 31.3 Å². The van der Waals surface area contributed by atoms with Crippen LogP contribution in [-0.4, -0.2) is 53.8 Å². The van der Waals surface area contributed by atoms with E-state index < -0.39 is 12.2 Å². The number of aromatic nitrogens is 3. The maximum atomic E-state index is 14.6. The highest BCUT2D eigenvalue weighted by atomic mass is 19.3. The van der Waals surface area contributed by atoms with Crippen LogP contribution in [0.5, 0.6) is 5.88 Å². The standard InChI is InChI=1S/C24H26F3N5O2/c1-14-12-32(13-15(2)34-14)24-29-11-19(25)22(31-24)30-20-9-18(10-28-23(20)33-3)17-6-4-16(5-7-17)8-21(26)27/h4-7,9-11,14-15,21H,8,12-13H2,1-3H3,(H,29,30,31)/t14-,15+. The van der Waals surface area contributed by atoms with Crippen LogP contribution in [0.25, 0.3) is 11.1 Å². The van der Waals surface area contributed by atoms with Gasteiger partial charge in [-0.15, -0.1) is 0 Å². The van der Waals surface area contributed by atoms with E-state index in [9.17, 15) is 13.2 Å². The lowest BCUT2D eigenvalue weighted by Crippen LogP contribution is -2.46. The van der Waals surface area contributed by atoms with Crippen molar-refractivity contribution in [2.75, 3.05) is 30.4 Å². The molecule has 0 bridgehead atoms. The van der Waals surface area contributed by atoms with Gasteiger partial charge in [-0.05, 0) is 31.0 Å². The molecule has 0 aliphatic carbocycles. The lowest BCUT2D eigenvalue weighted by Gasteiger charge is -2.35. The van der Waals surface area contributed by atoms with Gasteiger partial charge in [0.15, 0.2) is 11.6 Å². The third-order valence-electron chi connectivity index (χ3n) is 5.41. The predicted octanol–water partition coefficient (Wildman–Crippen LogP) is 4.85. The zero-order valence-corrected chi connectivity index (χ0v) is 19.1. The maximum absolute atomic E-state index is 14.6. The first-order valence-corrected chi connectivity index (χ1v) is 10.9. The van der Waals surface area contributed by atoms with Crippen LogP contribution in [0.1, 0.15) is 19.4 Å². The smallest absolute Gasteiger partial charge is 0.242 e. The quantitative estimate of drug-likeness (QED) is 0.526. The molecule has 10 heteroatoms. The second-order valence-electron chi connectivity index (χ2n) is 8.23. The summed E-state index contributed by atoms with van der Waals surface area (Å²) >= 11 is 0. The SMILES string of the molecule is COc1ncc(-c2ccc(CC(F)F)cc2)cc1Nc1nc(N2C[C@@H](C)O[C@@H](C)C2)ncc1F. The summed E-state index contributed by atoms with van der Waals surface area (Å²) in [5.41, 5.74) is 2.43. The third-order valence-corrected chi connectivity index (χ3v) is 5.41. The van der Waals surface area contributed by atoms with Gasteiger partial charge in [0.05, 0.1) is 25.5 Å². The molecular weight excluding hydrogens is 447 g/mol. The Hall–Kier alpha value is -3.40. The van der Waals surface area contributed by atoms with Crippen molar-refractivity contribution in [1.82, 2.24) is 15.0 Å². The summed E-state index contributed by atoms with van der Waals surface area (Å²) in [6.45, 7) is 5.12. The van der Waals surface area contributed by atoms with Gasteiger partial charge in [-0.1, -0.05) is 24.3 Å². The van der Waals surface area contributed by atoms with Gasteiger partial charge in [0.25, 0.3) is 0 Å². The summed E-state index contributed by atoms with van der Waals surface area (Å²) in [5.74, 6) is 0.0121. The largest absolute Gasteiger partial charge is 0.480 e. The number of nitrogens with zero attached hydrogens (tertiary/aromatic N) is 4. The first-order valence-electron chi connectivity index (χ1n) is 10.9. The molecule has 0 saturated carbocycles. The zero-order chi connectivity index (χ0) is 24.2. The third kappa shape index (κ3) is 5.56. The number of hydrogen-bond acceptors (Lipinski definition) is 7. The van der Waals surface area contributed by atoms with E-state index in [0.717, 1.165) is 11.8 Å². The van der Waals surface area contributed by atoms with Crippen molar-refractivity contribution in [2.24, 2.45) is 0 Å². The molecule has 0 radical (unpaired) electrons. The molecule has 34 heavy (non-hydrogen) atoms. The molecule has 4 rings (SSSR count). The summed E-state index contributed by atoms with van der Waals surface area (Å²) in [5, 5.41) is 2.97. The lowest BCUT2D eigenvalue weighted by molar-refractivity contribution is -0.00572. The molecule has 1 aliphatic heterocycles. The van der Waals surface area contributed by atoms with Crippen molar-refractivity contribution < 1.29 is 22.6 Å². The number of anilines is 3. The molecule has 7 nitrogen and oxygen atoms in total. The van der Waals surface area contributed by atoms with Crippen molar-refractivity contribution in [3.8, 4) is 17.0 Å². The average Bonchev–Trinajstić information content (AvgIpc) is 2.80. The van der Waals surface area contributed by atoms with E-state index in [4.69, 9.17) is 9.47 Å². The minimum atomic E-state index is -2.40. The normalized spacial score (nSPS) is 18.3. The minimum Gasteiger partial charge on any atom is -0.480 e. The van der Waals surface area contributed by atoms with Crippen LogP contribution < -0.4 is 15.0 Å². The molecule has 0 amide bonds. The number of ether oxygens (including phenoxy) is 2. The van der Waals surface area contributed by atoms with E-state index in [1.54, 1.807) is 36.5 Å². The van der Waals surface area contributed by atoms with Crippen LogP contribution in [0.3, 0.4) is 0 Å². The first kappa shape index (κ1) is 23.7. The highest BCUT2D eigenvalue weighted by molar-refractivity contribution is 5.72. The van der Waals surface area contributed by atoms with Crippen LogP contribution >= 0.6 is 0 Å². The monoisotopic (exact) mass is 473 g/mol. The van der Waals surface area contributed by atoms with Crippen molar-refractivity contribution in [3.63, 3.8) is 0 Å². The Morgan fingerprint density at radius 2 is 1.79 bits per heavy atom. The number of hydrogen-bond donors (Lipinski definition) is 1. The minimum absolute atomic E-state index is 0.00173. The number of morpholine rings is 1. The number of pyridine rings is 1. The summed E-state index contributed by atoms with van der Waals surface area (Å²) in [6, 6.07) is 8.54. The van der Waals surface area contributed by atoms with Crippen molar-refractivity contribution in [2.45, 2.75) is 38.9 Å². The van der Waals surface area contributed by atoms with E-state index in [2.05, 4.69) is 20.3 Å². The molecule has 180 valence electrons. The van der Waals surface area contributed by atoms with Crippen LogP contribution in [-0.2, 0) is 11.2 Å². The van der Waals surface area contributed by atoms with E-state index >= 15 is 0 Å². The Morgan fingerprint density at radius 1 is 1.09 bits per heavy atom. The molecule has 0 unspecified atom stereocenters. The maximum Gasteiger partial charge on any atom is 0.242 e. The lowest BCUT2D eigenvalue weighted by atomic mass is 10.0. The van der Waals surface area contributed by atoms with Gasteiger partial charge >= 0.3 is 0 Å². The van der Waals surface area contributed by atoms with E-state index in [1.807, 2.05) is 18.7 Å². The fraction of sp³-hybridized carbons (Fsp3) is 0.375. The Kier molecular flexibility index (Phi) is 7.16. The summed E-state index contributed by atoms with van der Waals surface area (Å²) in [6.07, 6.45) is 0.0274. The number of nitrogens with one attached hydrogen (secondary N) is 1. The van der Waals surface area contributed by atoms with Gasteiger partial charge in [-0.3, -0.25) is 0 Å². The van der Waals surface area contributed by atoms with Crippen LogP contribution in [0.15, 0.2) is 42.7 Å². The zero-order valence-electron chi connectivity index (χ0n) is 19.1. The van der Waals surface area contributed by atoms with E-state index in [-0.39, 0.29) is 30.3 Å². The van der Waals surface area contributed by atoms with E-state index in [1.165, 1.54) is 7.11 Å². The van der Waals surface area contributed by atoms with Crippen molar-refractivity contribution in [3.05, 3.63) is 54.1 Å². The molecule has 1 aromatic carbocycles. The van der Waals surface area contributed by atoms with Gasteiger partial charge in [-0.25, -0.2) is 23.1 Å². The molecule has 1 N–H and O–H groups in total. The molecule has 2 atom stereocenters. The van der Waals surface area contributed by atoms with E-state index in [0.29, 0.717) is 35.9 Å². The number of alkyl halides is 2. The molecule has 1 aliphatic rings. The number of benzene rings is 1. The first-order chi connectivity index (χ1) is 16.3. The topological polar surface area (TPSA) is 72.4 Å². The van der Waals surface area contributed by atoms with Gasteiger partial charge in [-0.2, -0.15) is 4.98 Å². The fourth-order valence-corrected chi connectivity index (χ4v) is 3.94. The highest BCUT2D eigenvalue weighted by Crippen LogP contribution is 2.31. The molecule has 2 aromatic heterocycles. The van der Waals surface area contributed by atoms with Crippen molar-refractivity contribution in [1.29, 1.82) is 0 Å². The van der Waals surface area contributed by atoms with Gasteiger partial charge in [0.2, 0.25) is 18.3 Å². The van der Waals surface area contributed by atoms with Crippen LogP contribution in [0.2, 0.25) is 0 Å². The molecule has 3 aromatic rings. The second-order valence-corrected chi connectivity index (χ2v) is 8.23. The molecular formula is C24H26F3N5O2. The van der Waals surface area contributed by atoms with Crippen LogP contribution in [0, 0.1) is 5.82 Å². The Bertz CT molecular complexity index is 1120. The Labute approximate surface area is 196 Å². The molecule has 1 fully saturated rings. The summed E-state index contributed by atoms with van der Waals surface area (Å²) in [4.78, 5) is 14.8. The molecule has 0 spiro atoms. The average molecular weight is 473 g/mol. The Morgan fingerprint density at radius 3 is 2.44 bits per heavy atom. The van der Waals surface area contributed by atoms with Crippen LogP contribution in [0.4, 0.5) is 30.6 Å². The number of halogens is 3. The Balaban J connectivity index is 1.61. The molecule has 1 saturated heterocycles. The highest BCUT2D eigenvalue weighted by Gasteiger charge is 2.25. The fourth-order valence-electron chi connectivity index (χ4n) is 3.94. The number of rotatable bonds is 7. The predicted molar refractivity (Wildman–Crippen MR) is 123 cm³/mol. The van der Waals surface area contributed by atoms with Gasteiger partial charge < -0.3 is 19.7 Å². The van der Waals surface area contributed by atoms with Crippen molar-refractivity contribution >= 4 is 17.5 Å².